The molecule has 3 aromatic rings. The number of anilines is 1. The fourth-order valence-corrected chi connectivity index (χ4v) is 3.09. The zero-order chi connectivity index (χ0) is 27.8. The number of nitrogens with one attached hydrogen (secondary N) is 1. The number of hydrogen-bond acceptors (Lipinski definition) is 5. The van der Waals surface area contributed by atoms with Gasteiger partial charge in [-0.15, -0.1) is 0 Å². The first-order valence-corrected chi connectivity index (χ1v) is 12.7. The van der Waals surface area contributed by atoms with Crippen LogP contribution in [0.3, 0.4) is 0 Å². The van der Waals surface area contributed by atoms with E-state index in [0.717, 1.165) is 46.0 Å². The molecule has 1 aliphatic rings. The Labute approximate surface area is 220 Å². The van der Waals surface area contributed by atoms with Gasteiger partial charge >= 0.3 is 0 Å². The van der Waals surface area contributed by atoms with Crippen LogP contribution in [0.5, 0.6) is 0 Å². The van der Waals surface area contributed by atoms with Crippen molar-refractivity contribution in [1.29, 1.82) is 0 Å². The fourth-order valence-electron chi connectivity index (χ4n) is 3.09. The molecular weight excluding hydrogens is 465 g/mol. The molecule has 0 amide bonds. The molecule has 0 bridgehead atoms. The van der Waals surface area contributed by atoms with Crippen LogP contribution in [-0.2, 0) is 6.61 Å². The molecule has 0 spiro atoms. The largest absolute Gasteiger partial charge is 0.392 e. The topological polar surface area (TPSA) is 75.3 Å². The van der Waals surface area contributed by atoms with Gasteiger partial charge in [-0.2, -0.15) is 0 Å². The standard InChI is InChI=1S/C22H21N5O.C4H7F.2C2H6/c1-15(2)20-21(27-12-10-16(14-28)13-19(27)26-20)18-9-11-23-22(25-18)24-17-7-5-3-4-6-8-17;1-3-4(2)5;2*1-2/h3-7,9-13,28H,1,8,14H2,2H3,(H,23,24,25);2-3H2,1H3;2*1-2H3. The van der Waals surface area contributed by atoms with Crippen LogP contribution < -0.4 is 5.32 Å². The normalized spacial score (nSPS) is 11.5. The van der Waals surface area contributed by atoms with Crippen LogP contribution in [0, 0.1) is 0 Å². The van der Waals surface area contributed by atoms with E-state index in [0.29, 0.717) is 12.4 Å². The summed E-state index contributed by atoms with van der Waals surface area (Å²) >= 11 is 0. The lowest BCUT2D eigenvalue weighted by Crippen LogP contribution is -2.04. The number of aliphatic hydroxyl groups is 1. The number of aliphatic hydroxyl groups excluding tert-OH is 1. The third-order valence-corrected chi connectivity index (χ3v) is 4.83. The van der Waals surface area contributed by atoms with Crippen LogP contribution in [0.4, 0.5) is 10.3 Å². The summed E-state index contributed by atoms with van der Waals surface area (Å²) in [6.07, 6.45) is 14.9. The van der Waals surface area contributed by atoms with Crippen molar-refractivity contribution in [2.45, 2.75) is 61.0 Å². The zero-order valence-corrected chi connectivity index (χ0v) is 22.9. The molecule has 6 nitrogen and oxygen atoms in total. The summed E-state index contributed by atoms with van der Waals surface area (Å²) in [4.78, 5) is 13.8. The number of allylic oxidation sites excluding steroid dienone is 7. The quantitative estimate of drug-likeness (QED) is 0.354. The molecule has 0 radical (unpaired) electrons. The highest BCUT2D eigenvalue weighted by atomic mass is 19.1. The predicted molar refractivity (Wildman–Crippen MR) is 155 cm³/mol. The smallest absolute Gasteiger partial charge is 0.227 e. The van der Waals surface area contributed by atoms with E-state index in [9.17, 15) is 9.50 Å². The number of halogens is 1. The first-order valence-electron chi connectivity index (χ1n) is 12.7. The molecule has 0 atom stereocenters. The molecule has 0 saturated heterocycles. The van der Waals surface area contributed by atoms with Gasteiger partial charge in [0.2, 0.25) is 5.95 Å². The maximum atomic E-state index is 11.2. The minimum absolute atomic E-state index is 0.0271. The number of aromatic nitrogens is 4. The van der Waals surface area contributed by atoms with Crippen LogP contribution >= 0.6 is 0 Å². The van der Waals surface area contributed by atoms with Gasteiger partial charge in [-0.3, -0.25) is 4.40 Å². The van der Waals surface area contributed by atoms with Gasteiger partial charge < -0.3 is 10.4 Å². The molecule has 1 aliphatic carbocycles. The Morgan fingerprint density at radius 3 is 2.43 bits per heavy atom. The molecule has 198 valence electrons. The van der Waals surface area contributed by atoms with Gasteiger partial charge in [-0.05, 0) is 48.8 Å². The molecule has 37 heavy (non-hydrogen) atoms. The number of rotatable bonds is 6. The Morgan fingerprint density at radius 2 is 1.81 bits per heavy atom. The fraction of sp³-hybridized carbons (Fsp3) is 0.300. The predicted octanol–water partition coefficient (Wildman–Crippen LogP) is 8.06. The van der Waals surface area contributed by atoms with Gasteiger partial charge in [0.1, 0.15) is 5.65 Å². The summed E-state index contributed by atoms with van der Waals surface area (Å²) in [5, 5.41) is 12.7. The molecule has 0 unspecified atom stereocenters. The van der Waals surface area contributed by atoms with Gasteiger partial charge in [0.25, 0.3) is 0 Å². The van der Waals surface area contributed by atoms with Crippen LogP contribution in [-0.4, -0.2) is 24.5 Å². The maximum Gasteiger partial charge on any atom is 0.227 e. The molecule has 0 fully saturated rings. The first-order chi connectivity index (χ1) is 17.9. The van der Waals surface area contributed by atoms with Crippen molar-refractivity contribution in [1.82, 2.24) is 19.4 Å². The molecule has 3 heterocycles. The number of nitrogens with zero attached hydrogens (tertiary/aromatic N) is 4. The van der Waals surface area contributed by atoms with Gasteiger partial charge in [0.05, 0.1) is 29.5 Å². The zero-order valence-electron chi connectivity index (χ0n) is 22.9. The van der Waals surface area contributed by atoms with Crippen molar-refractivity contribution in [3.8, 4) is 11.4 Å². The van der Waals surface area contributed by atoms with Crippen LogP contribution in [0.25, 0.3) is 22.6 Å². The molecule has 2 N–H and O–H groups in total. The number of pyridine rings is 1. The second-order valence-electron chi connectivity index (χ2n) is 7.48. The highest BCUT2D eigenvalue weighted by Crippen LogP contribution is 2.29. The highest BCUT2D eigenvalue weighted by molar-refractivity contribution is 5.77. The van der Waals surface area contributed by atoms with Gasteiger partial charge in [-0.1, -0.05) is 72.1 Å². The summed E-state index contributed by atoms with van der Waals surface area (Å²) in [7, 11) is 0. The molecule has 0 saturated carbocycles. The van der Waals surface area contributed by atoms with E-state index in [-0.39, 0.29) is 12.4 Å². The summed E-state index contributed by atoms with van der Waals surface area (Å²) in [5.74, 6) is 0.284. The van der Waals surface area contributed by atoms with Crippen molar-refractivity contribution < 1.29 is 9.50 Å². The SMILES string of the molecule is C=C(C)c1nc2cc(CO)ccn2c1-c1ccnc(NC2=CC=CC=CC2)n1.C=C(F)CC.CC.CC. The third kappa shape index (κ3) is 9.28. The van der Waals surface area contributed by atoms with Crippen molar-refractivity contribution in [2.24, 2.45) is 0 Å². The minimum Gasteiger partial charge on any atom is -0.392 e. The summed E-state index contributed by atoms with van der Waals surface area (Å²) < 4.78 is 13.2. The van der Waals surface area contributed by atoms with E-state index in [2.05, 4.69) is 29.5 Å². The Morgan fingerprint density at radius 1 is 1.11 bits per heavy atom. The average Bonchev–Trinajstić information content (AvgIpc) is 3.13. The Kier molecular flexibility index (Phi) is 14.1. The number of fused-ring (bicyclic) bond motifs is 1. The van der Waals surface area contributed by atoms with Gasteiger partial charge in [0, 0.05) is 24.5 Å². The van der Waals surface area contributed by atoms with Crippen LogP contribution in [0.15, 0.2) is 85.7 Å². The maximum absolute atomic E-state index is 11.2. The Hall–Kier alpha value is -3.84. The number of hydrogen-bond donors (Lipinski definition) is 2. The lowest BCUT2D eigenvalue weighted by atomic mass is 10.1. The third-order valence-electron chi connectivity index (χ3n) is 4.83. The highest BCUT2D eigenvalue weighted by Gasteiger charge is 2.17. The summed E-state index contributed by atoms with van der Waals surface area (Å²) in [6.45, 7) is 18.7. The van der Waals surface area contributed by atoms with Crippen molar-refractivity contribution >= 4 is 17.2 Å². The lowest BCUT2D eigenvalue weighted by Gasteiger charge is -2.09. The minimum atomic E-state index is -0.245. The van der Waals surface area contributed by atoms with E-state index in [1.165, 1.54) is 0 Å². The van der Waals surface area contributed by atoms with E-state index in [4.69, 9.17) is 9.97 Å². The van der Waals surface area contributed by atoms with Crippen molar-refractivity contribution in [2.75, 3.05) is 5.32 Å². The Balaban J connectivity index is 0.000000671. The van der Waals surface area contributed by atoms with E-state index < -0.39 is 0 Å². The van der Waals surface area contributed by atoms with Gasteiger partial charge in [-0.25, -0.2) is 19.3 Å². The second kappa shape index (κ2) is 16.8. The van der Waals surface area contributed by atoms with E-state index in [1.54, 1.807) is 13.1 Å². The average molecular weight is 506 g/mol. The molecule has 0 aromatic carbocycles. The number of imidazole rings is 1. The summed E-state index contributed by atoms with van der Waals surface area (Å²) in [5.41, 5.74) is 5.80. The second-order valence-corrected chi connectivity index (χ2v) is 7.48. The van der Waals surface area contributed by atoms with E-state index in [1.807, 2.05) is 87.7 Å². The van der Waals surface area contributed by atoms with E-state index >= 15 is 0 Å². The molecule has 3 aromatic heterocycles. The molecule has 7 heteroatoms. The van der Waals surface area contributed by atoms with Crippen molar-refractivity contribution in [3.05, 3.63) is 96.9 Å². The van der Waals surface area contributed by atoms with Crippen LogP contribution in [0.1, 0.15) is 65.6 Å². The Bertz CT molecular complexity index is 1250. The first kappa shape index (κ1) is 31.2. The molecule has 4 rings (SSSR count). The van der Waals surface area contributed by atoms with Crippen molar-refractivity contribution in [3.63, 3.8) is 0 Å². The monoisotopic (exact) mass is 505 g/mol. The molecular formula is C30H40FN5O. The summed E-state index contributed by atoms with van der Waals surface area (Å²) in [6, 6.07) is 5.60. The molecule has 0 aliphatic heterocycles. The van der Waals surface area contributed by atoms with Crippen LogP contribution in [0.2, 0.25) is 0 Å². The van der Waals surface area contributed by atoms with Gasteiger partial charge in [0.15, 0.2) is 0 Å². The lowest BCUT2D eigenvalue weighted by molar-refractivity contribution is 0.282.